The van der Waals surface area contributed by atoms with E-state index < -0.39 is 6.10 Å². The van der Waals surface area contributed by atoms with Gasteiger partial charge in [-0.15, -0.1) is 0 Å². The van der Waals surface area contributed by atoms with Crippen LogP contribution in [0.4, 0.5) is 11.4 Å². The Labute approximate surface area is 199 Å². The van der Waals surface area contributed by atoms with Crippen molar-refractivity contribution in [3.8, 4) is 5.75 Å². The Morgan fingerprint density at radius 2 is 1.91 bits per heavy atom. The number of benzene rings is 2. The largest absolute Gasteiger partial charge is 0.476 e. The SMILES string of the molecule is CC(=O)N1C[C@@H](C(=O)N(CC(=O)Nc2cccc(C)c2C)C[C@H]2CCCO2)Oc2ccccc21. The van der Waals surface area contributed by atoms with Crippen LogP contribution in [-0.4, -0.2) is 61.1 Å². The molecule has 8 heteroatoms. The summed E-state index contributed by atoms with van der Waals surface area (Å²) in [7, 11) is 0. The molecule has 34 heavy (non-hydrogen) atoms. The molecule has 0 radical (unpaired) electrons. The van der Waals surface area contributed by atoms with Gasteiger partial charge in [0.2, 0.25) is 11.8 Å². The van der Waals surface area contributed by atoms with Crippen LogP contribution in [0.5, 0.6) is 5.75 Å². The Morgan fingerprint density at radius 1 is 1.12 bits per heavy atom. The van der Waals surface area contributed by atoms with Crippen LogP contribution in [-0.2, 0) is 19.1 Å². The van der Waals surface area contributed by atoms with Gasteiger partial charge in [0.25, 0.3) is 5.91 Å². The second-order valence-electron chi connectivity index (χ2n) is 8.85. The fourth-order valence-corrected chi connectivity index (χ4v) is 4.38. The van der Waals surface area contributed by atoms with Crippen molar-refractivity contribution >= 4 is 29.1 Å². The Bertz CT molecular complexity index is 1080. The molecular weight excluding hydrogens is 434 g/mol. The molecule has 4 rings (SSSR count). The van der Waals surface area contributed by atoms with Gasteiger partial charge in [-0.25, -0.2) is 0 Å². The number of hydrogen-bond donors (Lipinski definition) is 1. The lowest BCUT2D eigenvalue weighted by Crippen LogP contribution is -2.54. The van der Waals surface area contributed by atoms with Crippen LogP contribution in [0.15, 0.2) is 42.5 Å². The number of anilines is 2. The first-order valence-electron chi connectivity index (χ1n) is 11.6. The molecule has 2 aliphatic heterocycles. The summed E-state index contributed by atoms with van der Waals surface area (Å²) in [6.07, 6.45) is 0.717. The number of hydrogen-bond acceptors (Lipinski definition) is 5. The molecule has 0 spiro atoms. The van der Waals surface area contributed by atoms with Crippen molar-refractivity contribution in [3.63, 3.8) is 0 Å². The highest BCUT2D eigenvalue weighted by atomic mass is 16.5. The maximum Gasteiger partial charge on any atom is 0.266 e. The first-order chi connectivity index (χ1) is 16.3. The molecule has 1 fully saturated rings. The summed E-state index contributed by atoms with van der Waals surface area (Å²) in [5, 5.41) is 2.93. The fourth-order valence-electron chi connectivity index (χ4n) is 4.38. The van der Waals surface area contributed by atoms with Crippen LogP contribution in [0.1, 0.15) is 30.9 Å². The average Bonchev–Trinajstić information content (AvgIpc) is 3.33. The summed E-state index contributed by atoms with van der Waals surface area (Å²) < 4.78 is 11.7. The minimum Gasteiger partial charge on any atom is -0.476 e. The third-order valence-electron chi connectivity index (χ3n) is 6.40. The summed E-state index contributed by atoms with van der Waals surface area (Å²) in [5.41, 5.74) is 3.42. The van der Waals surface area contributed by atoms with E-state index >= 15 is 0 Å². The van der Waals surface area contributed by atoms with Crippen LogP contribution in [0, 0.1) is 13.8 Å². The quantitative estimate of drug-likeness (QED) is 0.709. The van der Waals surface area contributed by atoms with E-state index in [0.717, 1.165) is 29.7 Å². The molecule has 2 aromatic carbocycles. The molecule has 0 aromatic heterocycles. The Morgan fingerprint density at radius 3 is 2.65 bits per heavy atom. The van der Waals surface area contributed by atoms with Gasteiger partial charge < -0.3 is 24.6 Å². The smallest absolute Gasteiger partial charge is 0.266 e. The number of aryl methyl sites for hydroxylation is 1. The summed E-state index contributed by atoms with van der Waals surface area (Å²) >= 11 is 0. The molecule has 8 nitrogen and oxygen atoms in total. The van der Waals surface area contributed by atoms with Gasteiger partial charge in [-0.1, -0.05) is 24.3 Å². The Hall–Kier alpha value is -3.39. The number of amides is 3. The standard InChI is InChI=1S/C26H31N3O5/c1-17-8-6-10-21(18(17)2)27-25(31)16-28(14-20-9-7-13-33-20)26(32)24-15-29(19(3)30)22-11-4-5-12-23(22)34-24/h4-6,8,10-12,20,24H,7,9,13-16H2,1-3H3,(H,27,31)/t20-,24+/m1/s1. The number of ether oxygens (including phenoxy) is 2. The number of rotatable bonds is 6. The highest BCUT2D eigenvalue weighted by Crippen LogP contribution is 2.33. The van der Waals surface area contributed by atoms with E-state index in [0.29, 0.717) is 24.6 Å². The molecule has 2 aliphatic rings. The number of carbonyl (C=O) groups is 3. The summed E-state index contributed by atoms with van der Waals surface area (Å²) in [4.78, 5) is 41.9. The van der Waals surface area contributed by atoms with Crippen molar-refractivity contribution in [2.75, 3.05) is 36.5 Å². The Balaban J connectivity index is 1.53. The fraction of sp³-hybridized carbons (Fsp3) is 0.423. The summed E-state index contributed by atoms with van der Waals surface area (Å²) in [6, 6.07) is 12.9. The normalized spacial score (nSPS) is 19.2. The van der Waals surface area contributed by atoms with Crippen molar-refractivity contribution < 1.29 is 23.9 Å². The summed E-state index contributed by atoms with van der Waals surface area (Å²) in [5.74, 6) is -0.335. The molecule has 0 bridgehead atoms. The predicted octanol–water partition coefficient (Wildman–Crippen LogP) is 3.06. The summed E-state index contributed by atoms with van der Waals surface area (Å²) in [6.45, 7) is 6.29. The van der Waals surface area contributed by atoms with Gasteiger partial charge in [-0.3, -0.25) is 14.4 Å². The topological polar surface area (TPSA) is 88.2 Å². The number of nitrogens with zero attached hydrogens (tertiary/aromatic N) is 2. The molecule has 1 N–H and O–H groups in total. The molecule has 0 unspecified atom stereocenters. The van der Waals surface area contributed by atoms with Gasteiger partial charge in [0.05, 0.1) is 18.3 Å². The minimum absolute atomic E-state index is 0.0891. The molecule has 0 aliphatic carbocycles. The van der Waals surface area contributed by atoms with Gasteiger partial charge in [0.15, 0.2) is 6.10 Å². The van der Waals surface area contributed by atoms with Crippen molar-refractivity contribution in [3.05, 3.63) is 53.6 Å². The number of nitrogens with one attached hydrogen (secondary N) is 1. The van der Waals surface area contributed by atoms with Crippen molar-refractivity contribution in [2.45, 2.75) is 45.8 Å². The maximum atomic E-state index is 13.6. The van der Waals surface area contributed by atoms with Crippen molar-refractivity contribution in [1.82, 2.24) is 4.90 Å². The van der Waals surface area contributed by atoms with E-state index in [1.54, 1.807) is 23.1 Å². The molecule has 180 valence electrons. The molecule has 3 amide bonds. The molecule has 1 saturated heterocycles. The third-order valence-corrected chi connectivity index (χ3v) is 6.40. The molecule has 2 atom stereocenters. The molecule has 2 aromatic rings. The average molecular weight is 466 g/mol. The maximum absolute atomic E-state index is 13.6. The number of para-hydroxylation sites is 2. The molecular formula is C26H31N3O5. The van der Waals surface area contributed by atoms with Crippen LogP contribution in [0.2, 0.25) is 0 Å². The van der Waals surface area contributed by atoms with Crippen LogP contribution < -0.4 is 15.0 Å². The monoisotopic (exact) mass is 465 g/mol. The lowest BCUT2D eigenvalue weighted by atomic mass is 10.1. The van der Waals surface area contributed by atoms with E-state index in [1.807, 2.05) is 38.1 Å². The van der Waals surface area contributed by atoms with E-state index in [1.165, 1.54) is 11.8 Å². The third kappa shape index (κ3) is 5.22. The highest BCUT2D eigenvalue weighted by Gasteiger charge is 2.36. The highest BCUT2D eigenvalue weighted by molar-refractivity contribution is 5.98. The second kappa shape index (κ2) is 10.3. The first-order valence-corrected chi connectivity index (χ1v) is 11.6. The van der Waals surface area contributed by atoms with E-state index in [2.05, 4.69) is 5.32 Å². The van der Waals surface area contributed by atoms with Crippen LogP contribution >= 0.6 is 0 Å². The number of fused-ring (bicyclic) bond motifs is 1. The van der Waals surface area contributed by atoms with E-state index in [9.17, 15) is 14.4 Å². The Kier molecular flexibility index (Phi) is 7.17. The van der Waals surface area contributed by atoms with E-state index in [4.69, 9.17) is 9.47 Å². The van der Waals surface area contributed by atoms with Crippen molar-refractivity contribution in [1.29, 1.82) is 0 Å². The van der Waals surface area contributed by atoms with Crippen LogP contribution in [0.25, 0.3) is 0 Å². The lowest BCUT2D eigenvalue weighted by Gasteiger charge is -2.36. The second-order valence-corrected chi connectivity index (χ2v) is 8.85. The van der Waals surface area contributed by atoms with Crippen molar-refractivity contribution in [2.24, 2.45) is 0 Å². The van der Waals surface area contributed by atoms with Gasteiger partial charge in [-0.05, 0) is 56.0 Å². The zero-order valence-corrected chi connectivity index (χ0v) is 19.9. The van der Waals surface area contributed by atoms with Crippen LogP contribution in [0.3, 0.4) is 0 Å². The predicted molar refractivity (Wildman–Crippen MR) is 129 cm³/mol. The molecule has 2 heterocycles. The molecule has 0 saturated carbocycles. The lowest BCUT2D eigenvalue weighted by molar-refractivity contribution is -0.142. The zero-order chi connectivity index (χ0) is 24.2. The van der Waals surface area contributed by atoms with Gasteiger partial charge >= 0.3 is 0 Å². The van der Waals surface area contributed by atoms with Gasteiger partial charge in [-0.2, -0.15) is 0 Å². The van der Waals surface area contributed by atoms with E-state index in [-0.39, 0.29) is 36.9 Å². The van der Waals surface area contributed by atoms with Gasteiger partial charge in [0.1, 0.15) is 12.3 Å². The first kappa shape index (κ1) is 23.8. The zero-order valence-electron chi connectivity index (χ0n) is 19.9. The minimum atomic E-state index is -0.909. The van der Waals surface area contributed by atoms with Gasteiger partial charge in [0, 0.05) is 25.8 Å². The number of carbonyl (C=O) groups excluding carboxylic acids is 3.